The number of ether oxygens (including phenoxy) is 1. The van der Waals surface area contributed by atoms with Crippen LogP contribution in [0.5, 0.6) is 11.6 Å². The van der Waals surface area contributed by atoms with E-state index < -0.39 is 0 Å². The van der Waals surface area contributed by atoms with Gasteiger partial charge in [0.15, 0.2) is 0 Å². The molecule has 5 aromatic rings. The summed E-state index contributed by atoms with van der Waals surface area (Å²) in [6.45, 7) is 0. The van der Waals surface area contributed by atoms with Gasteiger partial charge in [0, 0.05) is 35.4 Å². The van der Waals surface area contributed by atoms with E-state index in [0.717, 1.165) is 33.2 Å². The molecule has 0 spiro atoms. The number of rotatable bonds is 3. The van der Waals surface area contributed by atoms with E-state index in [4.69, 9.17) is 4.74 Å². The van der Waals surface area contributed by atoms with Gasteiger partial charge in [-0.2, -0.15) is 0 Å². The molecule has 5 nitrogen and oxygen atoms in total. The molecule has 4 heterocycles. The molecule has 0 radical (unpaired) electrons. The normalized spacial score (nSPS) is 11.0. The van der Waals surface area contributed by atoms with Crippen LogP contribution in [0.15, 0.2) is 85.3 Å². The van der Waals surface area contributed by atoms with E-state index in [9.17, 15) is 0 Å². The highest BCUT2D eigenvalue weighted by Gasteiger charge is 2.10. The fourth-order valence-electron chi connectivity index (χ4n) is 3.06. The smallest absolute Gasteiger partial charge is 0.219 e. The molecule has 5 heteroatoms. The van der Waals surface area contributed by atoms with Crippen molar-refractivity contribution in [2.75, 3.05) is 0 Å². The Balaban J connectivity index is 1.58. The molecule has 27 heavy (non-hydrogen) atoms. The summed E-state index contributed by atoms with van der Waals surface area (Å²) in [6.07, 6.45) is 5.25. The SMILES string of the molecule is c1ccc(-c2cccc(Oc3ccnc4c3ccc3cccnc34)n2)nc1. The predicted molar refractivity (Wildman–Crippen MR) is 105 cm³/mol. The molecular formula is C22H14N4O. The molecule has 0 amide bonds. The number of aromatic nitrogens is 4. The lowest BCUT2D eigenvalue weighted by Gasteiger charge is -2.10. The Kier molecular flexibility index (Phi) is 3.68. The third kappa shape index (κ3) is 2.85. The van der Waals surface area contributed by atoms with Crippen LogP contribution in [0.25, 0.3) is 33.2 Å². The summed E-state index contributed by atoms with van der Waals surface area (Å²) in [7, 11) is 0. The minimum absolute atomic E-state index is 0.506. The first-order valence-electron chi connectivity index (χ1n) is 8.57. The summed E-state index contributed by atoms with van der Waals surface area (Å²) in [5.74, 6) is 1.20. The summed E-state index contributed by atoms with van der Waals surface area (Å²) < 4.78 is 6.10. The molecule has 0 saturated carbocycles. The quantitative estimate of drug-likeness (QED) is 0.427. The topological polar surface area (TPSA) is 60.8 Å². The fraction of sp³-hybridized carbons (Fsp3) is 0. The second-order valence-electron chi connectivity index (χ2n) is 6.02. The van der Waals surface area contributed by atoms with Gasteiger partial charge in [0.1, 0.15) is 11.3 Å². The molecule has 0 aliphatic rings. The Bertz CT molecular complexity index is 1260. The molecule has 0 saturated heterocycles. The van der Waals surface area contributed by atoms with Crippen molar-refractivity contribution in [1.82, 2.24) is 19.9 Å². The van der Waals surface area contributed by atoms with E-state index in [1.807, 2.05) is 66.7 Å². The average molecular weight is 350 g/mol. The van der Waals surface area contributed by atoms with Gasteiger partial charge < -0.3 is 4.74 Å². The Labute approximate surface area is 155 Å². The lowest BCUT2D eigenvalue weighted by molar-refractivity contribution is 0.468. The summed E-state index contributed by atoms with van der Waals surface area (Å²) >= 11 is 0. The van der Waals surface area contributed by atoms with Crippen LogP contribution in [0.2, 0.25) is 0 Å². The van der Waals surface area contributed by atoms with Gasteiger partial charge in [-0.15, -0.1) is 0 Å². The monoisotopic (exact) mass is 350 g/mol. The Morgan fingerprint density at radius 1 is 0.593 bits per heavy atom. The molecule has 0 N–H and O–H groups in total. The number of pyridine rings is 4. The summed E-state index contributed by atoms with van der Waals surface area (Å²) in [5, 5.41) is 1.94. The molecule has 0 aliphatic carbocycles. The van der Waals surface area contributed by atoms with Crippen LogP contribution < -0.4 is 4.74 Å². The lowest BCUT2D eigenvalue weighted by atomic mass is 10.1. The van der Waals surface area contributed by atoms with Gasteiger partial charge in [0.2, 0.25) is 5.88 Å². The molecule has 0 atom stereocenters. The van der Waals surface area contributed by atoms with Gasteiger partial charge in [0.25, 0.3) is 0 Å². The zero-order chi connectivity index (χ0) is 18.1. The zero-order valence-corrected chi connectivity index (χ0v) is 14.3. The fourth-order valence-corrected chi connectivity index (χ4v) is 3.06. The van der Waals surface area contributed by atoms with Crippen LogP contribution in [0.3, 0.4) is 0 Å². The molecule has 4 aromatic heterocycles. The Morgan fingerprint density at radius 3 is 2.41 bits per heavy atom. The van der Waals surface area contributed by atoms with Crippen LogP contribution in [0, 0.1) is 0 Å². The Hall–Kier alpha value is -3.86. The van der Waals surface area contributed by atoms with Gasteiger partial charge in [-0.25, -0.2) is 4.98 Å². The van der Waals surface area contributed by atoms with Crippen LogP contribution >= 0.6 is 0 Å². The van der Waals surface area contributed by atoms with Crippen LogP contribution in [0.4, 0.5) is 0 Å². The van der Waals surface area contributed by atoms with Crippen molar-refractivity contribution in [1.29, 1.82) is 0 Å². The molecule has 0 unspecified atom stereocenters. The average Bonchev–Trinajstić information content (AvgIpc) is 2.75. The van der Waals surface area contributed by atoms with E-state index in [1.54, 1.807) is 18.6 Å². The second-order valence-corrected chi connectivity index (χ2v) is 6.02. The predicted octanol–water partition coefficient (Wildman–Crippen LogP) is 5.03. The van der Waals surface area contributed by atoms with Crippen LogP contribution in [-0.4, -0.2) is 19.9 Å². The van der Waals surface area contributed by atoms with Crippen molar-refractivity contribution < 1.29 is 4.74 Å². The van der Waals surface area contributed by atoms with Crippen LogP contribution in [-0.2, 0) is 0 Å². The maximum atomic E-state index is 6.10. The van der Waals surface area contributed by atoms with E-state index in [-0.39, 0.29) is 0 Å². The highest BCUT2D eigenvalue weighted by Crippen LogP contribution is 2.31. The maximum absolute atomic E-state index is 6.10. The van der Waals surface area contributed by atoms with E-state index in [1.165, 1.54) is 0 Å². The van der Waals surface area contributed by atoms with Crippen molar-refractivity contribution in [3.63, 3.8) is 0 Å². The first-order valence-corrected chi connectivity index (χ1v) is 8.57. The molecule has 0 bridgehead atoms. The maximum Gasteiger partial charge on any atom is 0.219 e. The van der Waals surface area contributed by atoms with Crippen molar-refractivity contribution >= 4 is 21.8 Å². The third-order valence-electron chi connectivity index (χ3n) is 4.31. The number of hydrogen-bond donors (Lipinski definition) is 0. The lowest BCUT2D eigenvalue weighted by Crippen LogP contribution is -1.93. The van der Waals surface area contributed by atoms with Crippen molar-refractivity contribution in [3.05, 3.63) is 85.3 Å². The minimum Gasteiger partial charge on any atom is -0.438 e. The van der Waals surface area contributed by atoms with Gasteiger partial charge in [-0.3, -0.25) is 15.0 Å². The number of nitrogens with zero attached hydrogens (tertiary/aromatic N) is 4. The largest absolute Gasteiger partial charge is 0.438 e. The number of fused-ring (bicyclic) bond motifs is 3. The molecule has 128 valence electrons. The first-order chi connectivity index (χ1) is 13.4. The molecule has 1 aromatic carbocycles. The summed E-state index contributed by atoms with van der Waals surface area (Å²) in [5.41, 5.74) is 3.23. The van der Waals surface area contributed by atoms with E-state index in [0.29, 0.717) is 11.6 Å². The highest BCUT2D eigenvalue weighted by atomic mass is 16.5. The van der Waals surface area contributed by atoms with Gasteiger partial charge in [-0.1, -0.05) is 24.3 Å². The van der Waals surface area contributed by atoms with Gasteiger partial charge in [0.05, 0.1) is 16.9 Å². The first kappa shape index (κ1) is 15.4. The van der Waals surface area contributed by atoms with Crippen LogP contribution in [0.1, 0.15) is 0 Å². The molecule has 5 rings (SSSR count). The van der Waals surface area contributed by atoms with Crippen molar-refractivity contribution in [3.8, 4) is 23.0 Å². The third-order valence-corrected chi connectivity index (χ3v) is 4.31. The minimum atomic E-state index is 0.506. The summed E-state index contributed by atoms with van der Waals surface area (Å²) in [4.78, 5) is 17.9. The standard InChI is InChI=1S/C22H14N4O/c1-2-12-23-17(6-1)18-7-3-8-20(26-18)27-19-11-14-25-22-16(19)10-9-15-5-4-13-24-21(15)22/h1-14H. The highest BCUT2D eigenvalue weighted by molar-refractivity contribution is 6.04. The zero-order valence-electron chi connectivity index (χ0n) is 14.3. The van der Waals surface area contributed by atoms with Crippen molar-refractivity contribution in [2.24, 2.45) is 0 Å². The number of hydrogen-bond acceptors (Lipinski definition) is 5. The van der Waals surface area contributed by atoms with E-state index in [2.05, 4.69) is 19.9 Å². The van der Waals surface area contributed by atoms with Crippen molar-refractivity contribution in [2.45, 2.75) is 0 Å². The number of benzene rings is 1. The summed E-state index contributed by atoms with van der Waals surface area (Å²) in [6, 6.07) is 21.2. The molecule has 0 aliphatic heterocycles. The second kappa shape index (κ2) is 6.46. The molecular weight excluding hydrogens is 336 g/mol. The van der Waals surface area contributed by atoms with Gasteiger partial charge >= 0.3 is 0 Å². The molecule has 0 fully saturated rings. The van der Waals surface area contributed by atoms with Gasteiger partial charge in [-0.05, 0) is 36.4 Å². The van der Waals surface area contributed by atoms with E-state index >= 15 is 0 Å². The Morgan fingerprint density at radius 2 is 1.48 bits per heavy atom.